The van der Waals surface area contributed by atoms with Gasteiger partial charge in [-0.3, -0.25) is 9.36 Å². The van der Waals surface area contributed by atoms with E-state index in [0.717, 1.165) is 22.4 Å². The number of ether oxygens (including phenoxy) is 2. The number of halogens is 1. The molecule has 0 fully saturated rings. The molecule has 29 heavy (non-hydrogen) atoms. The lowest BCUT2D eigenvalue weighted by molar-refractivity contribution is -0.0170. The van der Waals surface area contributed by atoms with Gasteiger partial charge in [0.15, 0.2) is 12.4 Å². The molecule has 0 saturated carbocycles. The Hall–Kier alpha value is -3.16. The Bertz CT molecular complexity index is 1300. The van der Waals surface area contributed by atoms with Crippen LogP contribution < -0.4 is 10.3 Å². The van der Waals surface area contributed by atoms with Crippen LogP contribution in [0.4, 0.5) is 0 Å². The van der Waals surface area contributed by atoms with Crippen molar-refractivity contribution in [1.82, 2.24) is 19.3 Å². The highest BCUT2D eigenvalue weighted by Gasteiger charge is 2.18. The molecule has 1 aliphatic rings. The van der Waals surface area contributed by atoms with E-state index in [2.05, 4.69) is 10.1 Å². The third-order valence-electron chi connectivity index (χ3n) is 4.99. The molecule has 0 radical (unpaired) electrons. The van der Waals surface area contributed by atoms with Crippen LogP contribution >= 0.6 is 11.6 Å². The van der Waals surface area contributed by atoms with Crippen molar-refractivity contribution in [3.63, 3.8) is 0 Å². The molecule has 0 bridgehead atoms. The Morgan fingerprint density at radius 3 is 2.97 bits per heavy atom. The van der Waals surface area contributed by atoms with Crippen LogP contribution in [0.3, 0.4) is 0 Å². The van der Waals surface area contributed by atoms with Gasteiger partial charge < -0.3 is 9.47 Å². The highest BCUT2D eigenvalue weighted by atomic mass is 35.5. The highest BCUT2D eigenvalue weighted by molar-refractivity contribution is 6.30. The molecule has 0 N–H and O–H groups in total. The zero-order chi connectivity index (χ0) is 20.0. The van der Waals surface area contributed by atoms with E-state index in [1.165, 1.54) is 10.9 Å². The normalized spacial score (nSPS) is 13.3. The van der Waals surface area contributed by atoms with E-state index < -0.39 is 0 Å². The van der Waals surface area contributed by atoms with Crippen molar-refractivity contribution >= 4 is 22.6 Å². The molecule has 0 amide bonds. The van der Waals surface area contributed by atoms with Gasteiger partial charge in [-0.25, -0.2) is 9.67 Å². The summed E-state index contributed by atoms with van der Waals surface area (Å²) in [4.78, 5) is 17.6. The van der Waals surface area contributed by atoms with Gasteiger partial charge in [0.2, 0.25) is 0 Å². The monoisotopic (exact) mass is 408 g/mol. The summed E-state index contributed by atoms with van der Waals surface area (Å²) in [6.07, 6.45) is 3.10. The van der Waals surface area contributed by atoms with Crippen LogP contribution in [-0.2, 0) is 17.9 Å². The van der Waals surface area contributed by atoms with Gasteiger partial charge in [0.05, 0.1) is 25.0 Å². The number of fused-ring (bicyclic) bond motifs is 2. The zero-order valence-electron chi connectivity index (χ0n) is 15.6. The van der Waals surface area contributed by atoms with Crippen LogP contribution in [0.1, 0.15) is 16.7 Å². The minimum atomic E-state index is -0.171. The Balaban J connectivity index is 1.58. The summed E-state index contributed by atoms with van der Waals surface area (Å²) in [6, 6.07) is 11.5. The number of nitrogens with zero attached hydrogens (tertiary/aromatic N) is 4. The average molecular weight is 409 g/mol. The summed E-state index contributed by atoms with van der Waals surface area (Å²) in [6.45, 7) is 2.89. The average Bonchev–Trinajstić information content (AvgIpc) is 3.15. The third-order valence-corrected chi connectivity index (χ3v) is 5.21. The molecule has 2 aromatic carbocycles. The first-order valence-electron chi connectivity index (χ1n) is 9.13. The van der Waals surface area contributed by atoms with E-state index in [1.54, 1.807) is 16.9 Å². The molecule has 0 saturated heterocycles. The van der Waals surface area contributed by atoms with E-state index >= 15 is 0 Å². The predicted molar refractivity (Wildman–Crippen MR) is 109 cm³/mol. The molecule has 0 atom stereocenters. The lowest BCUT2D eigenvalue weighted by Gasteiger charge is -2.21. The number of hydrogen-bond donors (Lipinski definition) is 0. The van der Waals surface area contributed by atoms with Crippen molar-refractivity contribution in [2.75, 3.05) is 6.79 Å². The van der Waals surface area contributed by atoms with Gasteiger partial charge in [0.1, 0.15) is 17.5 Å². The van der Waals surface area contributed by atoms with Crippen LogP contribution in [0.5, 0.6) is 5.75 Å². The van der Waals surface area contributed by atoms with Crippen molar-refractivity contribution in [2.24, 2.45) is 0 Å². The van der Waals surface area contributed by atoms with Crippen molar-refractivity contribution in [3.8, 4) is 11.4 Å². The van der Waals surface area contributed by atoms with Crippen LogP contribution in [0.2, 0.25) is 5.02 Å². The van der Waals surface area contributed by atoms with Gasteiger partial charge in [0, 0.05) is 16.1 Å². The second kappa shape index (κ2) is 7.02. The fourth-order valence-corrected chi connectivity index (χ4v) is 3.86. The molecule has 0 unspecified atom stereocenters. The van der Waals surface area contributed by atoms with Crippen LogP contribution in [0, 0.1) is 6.92 Å². The molecule has 7 nitrogen and oxygen atoms in total. The molecule has 4 aromatic rings. The van der Waals surface area contributed by atoms with Crippen molar-refractivity contribution in [3.05, 3.63) is 81.0 Å². The van der Waals surface area contributed by atoms with Gasteiger partial charge in [-0.15, -0.1) is 0 Å². The second-order valence-corrected chi connectivity index (χ2v) is 7.36. The summed E-state index contributed by atoms with van der Waals surface area (Å²) >= 11 is 6.24. The maximum absolute atomic E-state index is 13.1. The number of aryl methyl sites for hydroxylation is 1. The van der Waals surface area contributed by atoms with Gasteiger partial charge >= 0.3 is 0 Å². The van der Waals surface area contributed by atoms with Gasteiger partial charge in [-0.2, -0.15) is 5.10 Å². The second-order valence-electron chi connectivity index (χ2n) is 6.92. The van der Waals surface area contributed by atoms with Crippen molar-refractivity contribution < 1.29 is 9.47 Å². The minimum Gasteiger partial charge on any atom is -0.467 e. The first-order valence-corrected chi connectivity index (χ1v) is 9.50. The number of benzene rings is 2. The van der Waals surface area contributed by atoms with E-state index in [9.17, 15) is 4.79 Å². The van der Waals surface area contributed by atoms with Crippen LogP contribution in [-0.4, -0.2) is 26.1 Å². The summed E-state index contributed by atoms with van der Waals surface area (Å²) in [5.41, 5.74) is 3.98. The van der Waals surface area contributed by atoms with Crippen LogP contribution in [0.15, 0.2) is 53.7 Å². The van der Waals surface area contributed by atoms with E-state index in [1.807, 2.05) is 37.3 Å². The lowest BCUT2D eigenvalue weighted by atomic mass is 10.1. The largest absolute Gasteiger partial charge is 0.467 e. The SMILES string of the molecule is Cc1ccccc1-n1ncc2c(=O)n(Cc3cc(Cl)cc4c3OCOC4)cnc21. The van der Waals surface area contributed by atoms with Crippen LogP contribution in [0.25, 0.3) is 16.7 Å². The Morgan fingerprint density at radius 2 is 2.10 bits per heavy atom. The Morgan fingerprint density at radius 1 is 1.24 bits per heavy atom. The number of rotatable bonds is 3. The molecule has 5 rings (SSSR count). The first-order chi connectivity index (χ1) is 14.1. The number of aromatic nitrogens is 4. The number of hydrogen-bond acceptors (Lipinski definition) is 5. The molecular weight excluding hydrogens is 392 g/mol. The molecule has 8 heteroatoms. The number of para-hydroxylation sites is 1. The summed E-state index contributed by atoms with van der Waals surface area (Å²) in [5, 5.41) is 5.42. The maximum Gasteiger partial charge on any atom is 0.264 e. The third kappa shape index (κ3) is 3.08. The zero-order valence-corrected chi connectivity index (χ0v) is 16.4. The van der Waals surface area contributed by atoms with Gasteiger partial charge in [-0.1, -0.05) is 29.8 Å². The topological polar surface area (TPSA) is 71.2 Å². The van der Waals surface area contributed by atoms with E-state index in [0.29, 0.717) is 35.0 Å². The molecular formula is C21H17ClN4O3. The summed E-state index contributed by atoms with van der Waals surface area (Å²) < 4.78 is 14.2. The first kappa shape index (κ1) is 17.9. The summed E-state index contributed by atoms with van der Waals surface area (Å²) in [7, 11) is 0. The Kier molecular flexibility index (Phi) is 4.34. The lowest BCUT2D eigenvalue weighted by Crippen LogP contribution is -2.22. The van der Waals surface area contributed by atoms with Gasteiger partial charge in [0.25, 0.3) is 5.56 Å². The predicted octanol–water partition coefficient (Wildman–Crippen LogP) is 3.46. The fourth-order valence-electron chi connectivity index (χ4n) is 3.60. The molecule has 0 spiro atoms. The quantitative estimate of drug-likeness (QED) is 0.519. The molecule has 0 aliphatic carbocycles. The van der Waals surface area contributed by atoms with Crippen molar-refractivity contribution in [2.45, 2.75) is 20.1 Å². The minimum absolute atomic E-state index is 0.171. The Labute approximate surface area is 171 Å². The van der Waals surface area contributed by atoms with Gasteiger partial charge in [-0.05, 0) is 30.7 Å². The van der Waals surface area contributed by atoms with E-state index in [-0.39, 0.29) is 12.4 Å². The smallest absolute Gasteiger partial charge is 0.264 e. The highest BCUT2D eigenvalue weighted by Crippen LogP contribution is 2.32. The summed E-state index contributed by atoms with van der Waals surface area (Å²) in [5.74, 6) is 0.711. The molecule has 1 aliphatic heterocycles. The van der Waals surface area contributed by atoms with E-state index in [4.69, 9.17) is 21.1 Å². The fraction of sp³-hybridized carbons (Fsp3) is 0.190. The molecule has 3 heterocycles. The standard InChI is InChI=1S/C21H17ClN4O3/c1-13-4-2-3-5-18(13)26-20-17(8-24-26)21(27)25(11-23-20)9-14-6-16(22)7-15-10-28-12-29-19(14)15/h2-8,11H,9-10,12H2,1H3. The molecule has 146 valence electrons. The maximum atomic E-state index is 13.1. The molecule has 2 aromatic heterocycles. The van der Waals surface area contributed by atoms with Crippen molar-refractivity contribution in [1.29, 1.82) is 0 Å².